The molecule has 1 atom stereocenters. The van der Waals surface area contributed by atoms with E-state index in [1.54, 1.807) is 11.8 Å². The number of pyridine rings is 1. The fraction of sp³-hybridized carbons (Fsp3) is 0.300. The Balaban J connectivity index is 1.63. The molecule has 1 aromatic carbocycles. The van der Waals surface area contributed by atoms with Gasteiger partial charge in [0, 0.05) is 52.0 Å². The minimum Gasteiger partial charge on any atom is -0.352 e. The monoisotopic (exact) mass is 382 g/mol. The third kappa shape index (κ3) is 3.48. The summed E-state index contributed by atoms with van der Waals surface area (Å²) in [6.45, 7) is 6.37. The number of hydrogen-bond donors (Lipinski definition) is 1. The van der Waals surface area contributed by atoms with Crippen molar-refractivity contribution in [3.05, 3.63) is 54.4 Å². The van der Waals surface area contributed by atoms with Gasteiger partial charge in [-0.25, -0.2) is 4.98 Å². The molecule has 0 bridgehead atoms. The number of benzene rings is 1. The smallest absolute Gasteiger partial charge is 0.159 e. The molecule has 4 nitrogen and oxygen atoms in total. The number of H-pyrrole nitrogens is 1. The van der Waals surface area contributed by atoms with E-state index in [0.717, 1.165) is 34.6 Å². The minimum absolute atomic E-state index is 0.197. The molecule has 0 aliphatic carbocycles. The van der Waals surface area contributed by atoms with Crippen molar-refractivity contribution in [2.24, 2.45) is 4.99 Å². The Morgan fingerprint density at radius 1 is 1.19 bits per heavy atom. The van der Waals surface area contributed by atoms with Crippen LogP contribution in [0.15, 0.2) is 63.6 Å². The van der Waals surface area contributed by atoms with Gasteiger partial charge >= 0.3 is 0 Å². The highest BCUT2D eigenvalue weighted by Gasteiger charge is 2.25. The van der Waals surface area contributed by atoms with E-state index in [1.165, 1.54) is 15.8 Å². The molecule has 0 radical (unpaired) electrons. The Hall–Kier alpha value is -1.92. The minimum atomic E-state index is 0.197. The first-order valence-electron chi connectivity index (χ1n) is 8.94. The van der Waals surface area contributed by atoms with E-state index in [9.17, 15) is 0 Å². The summed E-state index contributed by atoms with van der Waals surface area (Å²) in [5.74, 6) is 0.995. The fourth-order valence-corrected chi connectivity index (χ4v) is 5.20. The molecule has 2 aromatic heterocycles. The van der Waals surface area contributed by atoms with Crippen LogP contribution < -0.4 is 0 Å². The Labute approximate surface area is 162 Å². The molecule has 134 valence electrons. The summed E-state index contributed by atoms with van der Waals surface area (Å²) in [4.78, 5) is 17.6. The number of nitrogens with zero attached hydrogens (tertiary/aromatic N) is 3. The highest BCUT2D eigenvalue weighted by atomic mass is 32.2. The van der Waals surface area contributed by atoms with Crippen LogP contribution in [0.5, 0.6) is 0 Å². The Morgan fingerprint density at radius 2 is 2.00 bits per heavy atom. The van der Waals surface area contributed by atoms with Crippen LogP contribution in [-0.2, 0) is 0 Å². The van der Waals surface area contributed by atoms with Gasteiger partial charge in [0.25, 0.3) is 0 Å². The van der Waals surface area contributed by atoms with Gasteiger partial charge in [0.2, 0.25) is 0 Å². The van der Waals surface area contributed by atoms with Crippen molar-refractivity contribution in [3.8, 4) is 0 Å². The summed E-state index contributed by atoms with van der Waals surface area (Å²) >= 11 is 3.60. The third-order valence-electron chi connectivity index (χ3n) is 4.55. The van der Waals surface area contributed by atoms with Crippen molar-refractivity contribution in [1.29, 1.82) is 0 Å². The van der Waals surface area contributed by atoms with Crippen molar-refractivity contribution in [1.82, 2.24) is 14.9 Å². The van der Waals surface area contributed by atoms with Gasteiger partial charge in [0.05, 0.1) is 6.04 Å². The number of rotatable bonds is 5. The van der Waals surface area contributed by atoms with Crippen LogP contribution in [-0.4, -0.2) is 38.9 Å². The Morgan fingerprint density at radius 3 is 2.77 bits per heavy atom. The first-order chi connectivity index (χ1) is 12.8. The van der Waals surface area contributed by atoms with E-state index in [1.807, 2.05) is 24.0 Å². The molecular weight excluding hydrogens is 360 g/mol. The van der Waals surface area contributed by atoms with Crippen molar-refractivity contribution >= 4 is 39.7 Å². The van der Waals surface area contributed by atoms with Gasteiger partial charge in [-0.05, 0) is 32.0 Å². The van der Waals surface area contributed by atoms with Gasteiger partial charge in [-0.3, -0.25) is 4.99 Å². The first kappa shape index (κ1) is 17.5. The molecule has 0 saturated carbocycles. The second-order valence-electron chi connectivity index (χ2n) is 6.14. The maximum absolute atomic E-state index is 4.99. The van der Waals surface area contributed by atoms with Gasteiger partial charge in [0.1, 0.15) is 5.65 Å². The molecule has 1 aliphatic heterocycles. The lowest BCUT2D eigenvalue weighted by atomic mass is 10.1. The maximum atomic E-state index is 4.99. The lowest BCUT2D eigenvalue weighted by Crippen LogP contribution is -2.27. The average molecular weight is 383 g/mol. The number of nitrogens with one attached hydrogen (secondary N) is 1. The zero-order valence-electron chi connectivity index (χ0n) is 15.0. The first-order valence-corrected chi connectivity index (χ1v) is 10.7. The van der Waals surface area contributed by atoms with Crippen LogP contribution in [0.2, 0.25) is 0 Å². The van der Waals surface area contributed by atoms with Crippen molar-refractivity contribution < 1.29 is 0 Å². The number of aromatic amines is 1. The summed E-state index contributed by atoms with van der Waals surface area (Å²) in [5.41, 5.74) is 2.19. The molecular formula is C20H22N4S2. The van der Waals surface area contributed by atoms with Crippen LogP contribution in [0.25, 0.3) is 11.0 Å². The number of aromatic nitrogens is 2. The second kappa shape index (κ2) is 7.76. The van der Waals surface area contributed by atoms with Crippen molar-refractivity contribution in [3.63, 3.8) is 0 Å². The Bertz CT molecular complexity index is 916. The second-order valence-corrected chi connectivity index (χ2v) is 8.27. The van der Waals surface area contributed by atoms with Crippen LogP contribution in [0.1, 0.15) is 25.5 Å². The maximum Gasteiger partial charge on any atom is 0.159 e. The van der Waals surface area contributed by atoms with Crippen molar-refractivity contribution in [2.45, 2.75) is 29.7 Å². The highest BCUT2D eigenvalue weighted by Crippen LogP contribution is 2.37. The molecule has 26 heavy (non-hydrogen) atoms. The quantitative estimate of drug-likeness (QED) is 0.659. The number of thioether (sulfide) groups is 1. The molecule has 0 fully saturated rings. The SMILES string of the molecule is CCN(CC)C1=NC(c2c[nH]c3ncc(Sc4ccccc4)cc23)CS1. The van der Waals surface area contributed by atoms with Crippen LogP contribution >= 0.6 is 23.5 Å². The summed E-state index contributed by atoms with van der Waals surface area (Å²) in [7, 11) is 0. The average Bonchev–Trinajstić information content (AvgIpc) is 3.30. The molecule has 4 rings (SSSR count). The number of aliphatic imine (C=N–C) groups is 1. The molecule has 0 spiro atoms. The normalized spacial score (nSPS) is 16.8. The van der Waals surface area contributed by atoms with E-state index in [4.69, 9.17) is 4.99 Å². The zero-order valence-corrected chi connectivity index (χ0v) is 16.6. The van der Waals surface area contributed by atoms with Crippen molar-refractivity contribution in [2.75, 3.05) is 18.8 Å². The fourth-order valence-electron chi connectivity index (χ4n) is 3.15. The summed E-state index contributed by atoms with van der Waals surface area (Å²) < 4.78 is 0. The number of fused-ring (bicyclic) bond motifs is 1. The van der Waals surface area contributed by atoms with E-state index in [0.29, 0.717) is 0 Å². The van der Waals surface area contributed by atoms with Crippen LogP contribution in [0, 0.1) is 0 Å². The number of amidine groups is 1. The topological polar surface area (TPSA) is 44.3 Å². The van der Waals surface area contributed by atoms with Gasteiger partial charge in [-0.1, -0.05) is 41.7 Å². The molecule has 3 heterocycles. The summed E-state index contributed by atoms with van der Waals surface area (Å²) in [6, 6.07) is 12.9. The lowest BCUT2D eigenvalue weighted by Gasteiger charge is -2.19. The van der Waals surface area contributed by atoms with Gasteiger partial charge < -0.3 is 9.88 Å². The summed E-state index contributed by atoms with van der Waals surface area (Å²) in [6.07, 6.45) is 4.02. The van der Waals surface area contributed by atoms with E-state index in [-0.39, 0.29) is 6.04 Å². The number of hydrogen-bond acceptors (Lipinski definition) is 5. The van der Waals surface area contributed by atoms with Gasteiger partial charge in [0.15, 0.2) is 5.17 Å². The van der Waals surface area contributed by atoms with Crippen LogP contribution in [0.3, 0.4) is 0 Å². The summed E-state index contributed by atoms with van der Waals surface area (Å²) in [5, 5.41) is 2.35. The predicted octanol–water partition coefficient (Wildman–Crippen LogP) is 5.20. The highest BCUT2D eigenvalue weighted by molar-refractivity contribution is 8.14. The van der Waals surface area contributed by atoms with E-state index in [2.05, 4.69) is 65.2 Å². The largest absolute Gasteiger partial charge is 0.352 e. The lowest BCUT2D eigenvalue weighted by molar-refractivity contribution is 0.473. The molecule has 3 aromatic rings. The van der Waals surface area contributed by atoms with Gasteiger partial charge in [-0.15, -0.1) is 0 Å². The van der Waals surface area contributed by atoms with Gasteiger partial charge in [-0.2, -0.15) is 0 Å². The molecule has 1 aliphatic rings. The molecule has 0 saturated heterocycles. The standard InChI is InChI=1S/C20H22N4S2/c1-3-24(4-2)20-23-18(13-25-20)17-12-22-19-16(17)10-15(11-21-19)26-14-8-6-5-7-9-14/h5-12,18H,3-4,13H2,1-2H3,(H,21,22). The van der Waals surface area contributed by atoms with E-state index < -0.39 is 0 Å². The zero-order chi connectivity index (χ0) is 17.9. The molecule has 0 amide bonds. The third-order valence-corrected chi connectivity index (χ3v) is 6.62. The predicted molar refractivity (Wildman–Crippen MR) is 112 cm³/mol. The molecule has 1 N–H and O–H groups in total. The van der Waals surface area contributed by atoms with E-state index >= 15 is 0 Å². The molecule has 6 heteroatoms. The Kier molecular flexibility index (Phi) is 5.22. The molecule has 1 unspecified atom stereocenters. The van der Waals surface area contributed by atoms with Crippen LogP contribution in [0.4, 0.5) is 0 Å².